The van der Waals surface area contributed by atoms with E-state index >= 15 is 0 Å². The molecule has 6 nitrogen and oxygen atoms in total. The number of fused-ring (bicyclic) bond motifs is 7. The number of allylic oxidation sites excluding steroid dienone is 2. The maximum atomic E-state index is 13.8. The van der Waals surface area contributed by atoms with E-state index in [0.29, 0.717) is 28.1 Å². The Morgan fingerprint density at radius 1 is 0.632 bits per heavy atom. The van der Waals surface area contributed by atoms with E-state index in [9.17, 15) is 19.2 Å². The molecule has 1 atom stereocenters. The fraction of sp³-hybridized carbons (Fsp3) is 0.0357. The molecular formula is C28H10Cl4N2O4. The van der Waals surface area contributed by atoms with Crippen molar-refractivity contribution < 1.29 is 19.2 Å². The monoisotopic (exact) mass is 578 g/mol. The molecule has 38 heavy (non-hydrogen) atoms. The van der Waals surface area contributed by atoms with Crippen LogP contribution in [-0.4, -0.2) is 34.9 Å². The summed E-state index contributed by atoms with van der Waals surface area (Å²) >= 11 is 25.0. The summed E-state index contributed by atoms with van der Waals surface area (Å²) in [4.78, 5) is 58.6. The van der Waals surface area contributed by atoms with Crippen LogP contribution in [0.2, 0.25) is 20.1 Å². The van der Waals surface area contributed by atoms with Gasteiger partial charge in [0.15, 0.2) is 23.1 Å². The molecule has 0 saturated carbocycles. The van der Waals surface area contributed by atoms with Crippen LogP contribution in [0.4, 0.5) is 11.4 Å². The molecule has 0 radical (unpaired) electrons. The highest BCUT2D eigenvalue weighted by atomic mass is 35.5. The van der Waals surface area contributed by atoms with Gasteiger partial charge in [0, 0.05) is 27.8 Å². The lowest BCUT2D eigenvalue weighted by Crippen LogP contribution is -2.41. The maximum Gasteiger partial charge on any atom is 0.198 e. The van der Waals surface area contributed by atoms with E-state index in [-0.39, 0.29) is 65.2 Å². The van der Waals surface area contributed by atoms with Crippen molar-refractivity contribution in [3.8, 4) is 0 Å². The predicted molar refractivity (Wildman–Crippen MR) is 146 cm³/mol. The topological polar surface area (TPSA) is 92.7 Å². The van der Waals surface area contributed by atoms with Gasteiger partial charge in [0.1, 0.15) is 0 Å². The van der Waals surface area contributed by atoms with Crippen LogP contribution < -0.4 is 5.32 Å². The van der Waals surface area contributed by atoms with Crippen LogP contribution in [-0.2, 0) is 0 Å². The lowest BCUT2D eigenvalue weighted by Gasteiger charge is -2.34. The third-order valence-electron chi connectivity index (χ3n) is 7.11. The van der Waals surface area contributed by atoms with E-state index < -0.39 is 17.6 Å². The highest BCUT2D eigenvalue weighted by Gasteiger charge is 2.43. The highest BCUT2D eigenvalue weighted by Crippen LogP contribution is 2.49. The van der Waals surface area contributed by atoms with Crippen molar-refractivity contribution >= 4 is 86.6 Å². The highest BCUT2D eigenvalue weighted by molar-refractivity contribution is 6.55. The molecule has 0 bridgehead atoms. The fourth-order valence-electron chi connectivity index (χ4n) is 5.37. The molecule has 184 valence electrons. The van der Waals surface area contributed by atoms with E-state index in [2.05, 4.69) is 5.32 Å². The third-order valence-corrected chi connectivity index (χ3v) is 8.91. The van der Waals surface area contributed by atoms with Crippen molar-refractivity contribution in [3.63, 3.8) is 0 Å². The van der Waals surface area contributed by atoms with E-state index in [1.807, 2.05) is 0 Å². The van der Waals surface area contributed by atoms with Crippen molar-refractivity contribution in [2.75, 3.05) is 5.32 Å². The molecule has 3 aromatic carbocycles. The zero-order chi connectivity index (χ0) is 26.6. The maximum absolute atomic E-state index is 13.8. The summed E-state index contributed by atoms with van der Waals surface area (Å²) in [7, 11) is 0. The van der Waals surface area contributed by atoms with Crippen LogP contribution >= 0.6 is 46.4 Å². The van der Waals surface area contributed by atoms with E-state index in [4.69, 9.17) is 51.4 Å². The second-order valence-corrected chi connectivity index (χ2v) is 10.5. The Kier molecular flexibility index (Phi) is 4.95. The predicted octanol–water partition coefficient (Wildman–Crippen LogP) is 6.89. The van der Waals surface area contributed by atoms with Gasteiger partial charge in [-0.25, -0.2) is 4.99 Å². The van der Waals surface area contributed by atoms with Crippen molar-refractivity contribution in [1.82, 2.24) is 0 Å². The molecule has 1 aliphatic heterocycles. The minimum Gasteiger partial charge on any atom is -0.371 e. The van der Waals surface area contributed by atoms with Crippen LogP contribution in [0, 0.1) is 0 Å². The van der Waals surface area contributed by atoms with E-state index in [0.717, 1.165) is 0 Å². The summed E-state index contributed by atoms with van der Waals surface area (Å²) in [5.74, 6) is -1.65. The second-order valence-electron chi connectivity index (χ2n) is 9.03. The first-order chi connectivity index (χ1) is 18.2. The fourth-order valence-corrected chi connectivity index (χ4v) is 6.40. The number of nitrogens with zero attached hydrogens (tertiary/aromatic N) is 1. The van der Waals surface area contributed by atoms with Crippen LogP contribution in [0.3, 0.4) is 0 Å². The molecule has 0 fully saturated rings. The minimum atomic E-state index is -0.724. The Balaban J connectivity index is 1.40. The standard InChI is InChI=1S/C28H10Cl4N2O4/c29-19-17-18(20(30)22(32)21(19)31)28(38)16-12(27(17)37)6-8-14-24(16)34-13-7-5-11-15(23(13)33-14)26(36)10-4-2-1-3-9(10)25(11)35/h1-8,23,33H. The zero-order valence-electron chi connectivity index (χ0n) is 18.8. The SMILES string of the molecule is O=C1C2=C(C(=O)c3ccccc31)C1Nc3ccc4c(c3N=C1C=C2)C(=O)c1c(Cl)c(Cl)c(Cl)c(Cl)c1C4=O. The Morgan fingerprint density at radius 2 is 1.26 bits per heavy atom. The first kappa shape index (κ1) is 23.6. The average Bonchev–Trinajstić information content (AvgIpc) is 2.93. The molecule has 1 heterocycles. The summed E-state index contributed by atoms with van der Waals surface area (Å²) in [6.45, 7) is 0. The Bertz CT molecular complexity index is 1870. The molecule has 0 aromatic heterocycles. The van der Waals surface area contributed by atoms with Crippen molar-refractivity contribution in [2.45, 2.75) is 6.04 Å². The van der Waals surface area contributed by atoms with Gasteiger partial charge >= 0.3 is 0 Å². The first-order valence-electron chi connectivity index (χ1n) is 11.3. The lowest BCUT2D eigenvalue weighted by molar-refractivity contribution is 0.0975. The van der Waals surface area contributed by atoms with Crippen LogP contribution in [0.1, 0.15) is 52.6 Å². The average molecular weight is 580 g/mol. The summed E-state index contributed by atoms with van der Waals surface area (Å²) in [5.41, 5.74) is 2.12. The molecule has 0 amide bonds. The molecule has 7 rings (SSSR count). The number of benzene rings is 3. The normalized spacial score (nSPS) is 18.6. The Hall–Kier alpha value is -3.55. The first-order valence-corrected chi connectivity index (χ1v) is 12.8. The molecule has 1 N–H and O–H groups in total. The second kappa shape index (κ2) is 7.98. The molecule has 3 aromatic rings. The van der Waals surface area contributed by atoms with Gasteiger partial charge in [-0.15, -0.1) is 0 Å². The van der Waals surface area contributed by atoms with E-state index in [1.165, 1.54) is 6.07 Å². The van der Waals surface area contributed by atoms with Crippen molar-refractivity contribution in [1.29, 1.82) is 0 Å². The van der Waals surface area contributed by atoms with Gasteiger partial charge in [-0.3, -0.25) is 19.2 Å². The molecule has 1 unspecified atom stereocenters. The number of hydrogen-bond donors (Lipinski definition) is 1. The molecular weight excluding hydrogens is 570 g/mol. The smallest absolute Gasteiger partial charge is 0.198 e. The number of aliphatic imine (C=N–C) groups is 1. The molecule has 10 heteroatoms. The van der Waals surface area contributed by atoms with Crippen LogP contribution in [0.25, 0.3) is 0 Å². The summed E-state index contributed by atoms with van der Waals surface area (Å²) in [6, 6.07) is 9.02. The molecule has 0 saturated heterocycles. The van der Waals surface area contributed by atoms with Crippen LogP contribution in [0.5, 0.6) is 0 Å². The number of nitrogens with one attached hydrogen (secondary N) is 1. The number of anilines is 1. The molecule has 4 aliphatic rings. The Labute approximate surface area is 234 Å². The number of halogens is 4. The van der Waals surface area contributed by atoms with Gasteiger partial charge in [0.05, 0.1) is 59.9 Å². The summed E-state index contributed by atoms with van der Waals surface area (Å²) in [5, 5.41) is 2.67. The van der Waals surface area contributed by atoms with Gasteiger partial charge < -0.3 is 5.32 Å². The minimum absolute atomic E-state index is 0.0272. The third kappa shape index (κ3) is 2.89. The quantitative estimate of drug-likeness (QED) is 0.181. The largest absolute Gasteiger partial charge is 0.371 e. The number of rotatable bonds is 0. The number of ketones is 4. The number of carbonyl (C=O) groups excluding carboxylic acids is 4. The number of hydrogen-bond acceptors (Lipinski definition) is 6. The van der Waals surface area contributed by atoms with Crippen LogP contribution in [0.15, 0.2) is 64.7 Å². The van der Waals surface area contributed by atoms with Crippen molar-refractivity contribution in [3.05, 3.63) is 113 Å². The molecule has 0 spiro atoms. The number of Topliss-reactive ketones (excluding diaryl/α,β-unsaturated/α-hetero) is 2. The van der Waals surface area contributed by atoms with Gasteiger partial charge in [0.2, 0.25) is 0 Å². The van der Waals surface area contributed by atoms with Crippen molar-refractivity contribution in [2.24, 2.45) is 4.99 Å². The summed E-state index contributed by atoms with van der Waals surface area (Å²) in [6.07, 6.45) is 3.19. The van der Waals surface area contributed by atoms with Gasteiger partial charge in [-0.2, -0.15) is 0 Å². The zero-order valence-corrected chi connectivity index (χ0v) is 21.8. The number of carbonyl (C=O) groups is 4. The van der Waals surface area contributed by atoms with Gasteiger partial charge in [-0.05, 0) is 24.3 Å². The summed E-state index contributed by atoms with van der Waals surface area (Å²) < 4.78 is 0. The van der Waals surface area contributed by atoms with E-state index in [1.54, 1.807) is 42.5 Å². The molecule has 3 aliphatic carbocycles. The van der Waals surface area contributed by atoms with Gasteiger partial charge in [-0.1, -0.05) is 70.7 Å². The van der Waals surface area contributed by atoms with Gasteiger partial charge in [0.25, 0.3) is 0 Å². The Morgan fingerprint density at radius 3 is 1.95 bits per heavy atom. The lowest BCUT2D eigenvalue weighted by atomic mass is 9.76.